The number of pyridine rings is 1. The Bertz CT molecular complexity index is 1540. The van der Waals surface area contributed by atoms with Crippen molar-refractivity contribution in [3.05, 3.63) is 60.6 Å². The van der Waals surface area contributed by atoms with Crippen LogP contribution in [-0.2, 0) is 23.1 Å². The molecule has 0 spiro atoms. The summed E-state index contributed by atoms with van der Waals surface area (Å²) in [5, 5.41) is 9.35. The molecule has 5 aromatic rings. The average molecular weight is 499 g/mol. The molecule has 0 radical (unpaired) electrons. The Balaban J connectivity index is 1.45. The zero-order valence-electron chi connectivity index (χ0n) is 21.3. The highest BCUT2D eigenvalue weighted by molar-refractivity contribution is 5.90. The molecular weight excluding hydrogens is 468 g/mol. The minimum atomic E-state index is 0.601. The molecule has 1 fully saturated rings. The molecule has 0 saturated carbocycles. The van der Waals surface area contributed by atoms with Gasteiger partial charge < -0.3 is 18.9 Å². The van der Waals surface area contributed by atoms with Gasteiger partial charge in [0.1, 0.15) is 11.3 Å². The summed E-state index contributed by atoms with van der Waals surface area (Å²) >= 11 is 0. The lowest BCUT2D eigenvalue weighted by Gasteiger charge is -2.29. The molecule has 6 rings (SSSR count). The number of anilines is 1. The van der Waals surface area contributed by atoms with Crippen molar-refractivity contribution in [2.45, 2.75) is 13.5 Å². The van der Waals surface area contributed by atoms with Crippen LogP contribution in [0.25, 0.3) is 39.6 Å². The summed E-state index contributed by atoms with van der Waals surface area (Å²) in [5.41, 5.74) is 6.82. The van der Waals surface area contributed by atoms with E-state index in [0.717, 1.165) is 58.4 Å². The fraction of sp³-hybridized carbons (Fsp3) is 0.333. The highest BCUT2D eigenvalue weighted by Crippen LogP contribution is 2.32. The summed E-state index contributed by atoms with van der Waals surface area (Å²) < 4.78 is 16.6. The molecule has 0 aliphatic carbocycles. The molecule has 10 heteroatoms. The number of methoxy groups -OCH3 is 1. The second-order valence-corrected chi connectivity index (χ2v) is 9.27. The SMILES string of the molecule is COCCn1cc(-c2nc3c(N4CCOCC4)cc(-n4ccc(-c5cccc(C)c5)n4)nc3n2C)cn1. The van der Waals surface area contributed by atoms with Crippen LogP contribution in [0.2, 0.25) is 0 Å². The normalized spacial score (nSPS) is 14.1. The highest BCUT2D eigenvalue weighted by atomic mass is 16.5. The maximum absolute atomic E-state index is 5.62. The Morgan fingerprint density at radius 2 is 1.92 bits per heavy atom. The summed E-state index contributed by atoms with van der Waals surface area (Å²) in [7, 11) is 3.69. The number of aromatic nitrogens is 7. The monoisotopic (exact) mass is 498 g/mol. The summed E-state index contributed by atoms with van der Waals surface area (Å²) in [5.74, 6) is 1.57. The van der Waals surface area contributed by atoms with Gasteiger partial charge in [-0.3, -0.25) is 4.68 Å². The maximum Gasteiger partial charge on any atom is 0.164 e. The molecule has 5 heterocycles. The van der Waals surface area contributed by atoms with Gasteiger partial charge in [-0.05, 0) is 19.1 Å². The fourth-order valence-electron chi connectivity index (χ4n) is 4.74. The first-order chi connectivity index (χ1) is 18.1. The zero-order valence-corrected chi connectivity index (χ0v) is 21.3. The van der Waals surface area contributed by atoms with Gasteiger partial charge in [-0.2, -0.15) is 10.2 Å². The standard InChI is InChI=1S/C27H30N8O2/c1-19-5-4-6-20(15-19)22-7-8-35(31-22)24-16-23(33-9-13-37-14-10-33)25-27(29-24)32(2)26(30-25)21-17-28-34(18-21)11-12-36-3/h4-8,15-18H,9-14H2,1-3H3. The second-order valence-electron chi connectivity index (χ2n) is 9.27. The Morgan fingerprint density at radius 1 is 1.05 bits per heavy atom. The number of aryl methyl sites for hydroxylation is 2. The largest absolute Gasteiger partial charge is 0.383 e. The van der Waals surface area contributed by atoms with Gasteiger partial charge in [-0.1, -0.05) is 23.8 Å². The lowest BCUT2D eigenvalue weighted by Crippen LogP contribution is -2.36. The molecule has 1 saturated heterocycles. The third-order valence-corrected chi connectivity index (χ3v) is 6.70. The van der Waals surface area contributed by atoms with E-state index in [1.165, 1.54) is 5.56 Å². The molecule has 190 valence electrons. The molecule has 1 aliphatic rings. The van der Waals surface area contributed by atoms with Gasteiger partial charge in [0.2, 0.25) is 0 Å². The Labute approximate surface area is 215 Å². The molecule has 0 N–H and O–H groups in total. The van der Waals surface area contributed by atoms with Crippen LogP contribution in [0.15, 0.2) is 55.0 Å². The zero-order chi connectivity index (χ0) is 25.4. The number of hydrogen-bond acceptors (Lipinski definition) is 7. The molecule has 4 aromatic heterocycles. The van der Waals surface area contributed by atoms with Gasteiger partial charge >= 0.3 is 0 Å². The van der Waals surface area contributed by atoms with Gasteiger partial charge in [0, 0.05) is 51.3 Å². The summed E-state index contributed by atoms with van der Waals surface area (Å²) in [4.78, 5) is 12.4. The topological polar surface area (TPSA) is 88.0 Å². The van der Waals surface area contributed by atoms with Crippen molar-refractivity contribution < 1.29 is 9.47 Å². The van der Waals surface area contributed by atoms with Crippen LogP contribution in [0.4, 0.5) is 5.69 Å². The molecule has 10 nitrogen and oxygen atoms in total. The predicted octanol–water partition coefficient (Wildman–Crippen LogP) is 3.48. The van der Waals surface area contributed by atoms with E-state index >= 15 is 0 Å². The predicted molar refractivity (Wildman–Crippen MR) is 142 cm³/mol. The van der Waals surface area contributed by atoms with E-state index in [0.29, 0.717) is 26.4 Å². The smallest absolute Gasteiger partial charge is 0.164 e. The third kappa shape index (κ3) is 4.49. The van der Waals surface area contributed by atoms with E-state index in [-0.39, 0.29) is 0 Å². The van der Waals surface area contributed by atoms with Crippen molar-refractivity contribution in [1.82, 2.24) is 34.1 Å². The number of imidazole rings is 1. The first kappa shape index (κ1) is 23.4. The van der Waals surface area contributed by atoms with E-state index < -0.39 is 0 Å². The summed E-state index contributed by atoms with van der Waals surface area (Å²) in [6, 6.07) is 12.5. The quantitative estimate of drug-likeness (QED) is 0.340. The van der Waals surface area contributed by atoms with Crippen LogP contribution in [0, 0.1) is 6.92 Å². The molecular formula is C27H30N8O2. The van der Waals surface area contributed by atoms with Crippen LogP contribution in [0.1, 0.15) is 5.56 Å². The van der Waals surface area contributed by atoms with E-state index in [9.17, 15) is 0 Å². The number of rotatable bonds is 7. The molecule has 1 aliphatic heterocycles. The van der Waals surface area contributed by atoms with Crippen LogP contribution >= 0.6 is 0 Å². The number of ether oxygens (including phenoxy) is 2. The number of hydrogen-bond donors (Lipinski definition) is 0. The molecule has 37 heavy (non-hydrogen) atoms. The minimum absolute atomic E-state index is 0.601. The van der Waals surface area contributed by atoms with Gasteiger partial charge in [-0.25, -0.2) is 14.6 Å². The van der Waals surface area contributed by atoms with E-state index in [1.807, 2.05) is 45.6 Å². The van der Waals surface area contributed by atoms with Crippen LogP contribution in [0.5, 0.6) is 0 Å². The Kier molecular flexibility index (Phi) is 6.19. The van der Waals surface area contributed by atoms with Gasteiger partial charge in [0.15, 0.2) is 11.5 Å². The van der Waals surface area contributed by atoms with Gasteiger partial charge in [0.25, 0.3) is 0 Å². The minimum Gasteiger partial charge on any atom is -0.383 e. The summed E-state index contributed by atoms with van der Waals surface area (Å²) in [6.45, 7) is 6.34. The highest BCUT2D eigenvalue weighted by Gasteiger charge is 2.22. The summed E-state index contributed by atoms with van der Waals surface area (Å²) in [6.07, 6.45) is 5.80. The van der Waals surface area contributed by atoms with Crippen LogP contribution in [0.3, 0.4) is 0 Å². The maximum atomic E-state index is 5.62. The third-order valence-electron chi connectivity index (χ3n) is 6.70. The van der Waals surface area contributed by atoms with E-state index in [4.69, 9.17) is 24.5 Å². The average Bonchev–Trinajstić information content (AvgIpc) is 3.67. The molecule has 0 unspecified atom stereocenters. The van der Waals surface area contributed by atoms with Crippen molar-refractivity contribution in [3.8, 4) is 28.5 Å². The van der Waals surface area contributed by atoms with Crippen molar-refractivity contribution in [2.75, 3.05) is 44.9 Å². The van der Waals surface area contributed by atoms with Crippen molar-refractivity contribution in [1.29, 1.82) is 0 Å². The van der Waals surface area contributed by atoms with Crippen molar-refractivity contribution >= 4 is 16.9 Å². The Morgan fingerprint density at radius 3 is 2.73 bits per heavy atom. The number of benzene rings is 1. The van der Waals surface area contributed by atoms with Gasteiger partial charge in [-0.15, -0.1) is 0 Å². The van der Waals surface area contributed by atoms with Crippen LogP contribution < -0.4 is 4.90 Å². The lowest BCUT2D eigenvalue weighted by atomic mass is 10.1. The Hall–Kier alpha value is -4.02. The first-order valence-electron chi connectivity index (χ1n) is 12.5. The fourth-order valence-corrected chi connectivity index (χ4v) is 4.74. The van der Waals surface area contributed by atoms with Crippen LogP contribution in [-0.4, -0.2) is 74.1 Å². The van der Waals surface area contributed by atoms with Crippen molar-refractivity contribution in [2.24, 2.45) is 7.05 Å². The molecule has 0 atom stereocenters. The first-order valence-corrected chi connectivity index (χ1v) is 12.5. The molecule has 1 aromatic carbocycles. The van der Waals surface area contributed by atoms with E-state index in [2.05, 4.69) is 47.3 Å². The number of morpholine rings is 1. The molecule has 0 amide bonds. The number of nitrogens with zero attached hydrogens (tertiary/aromatic N) is 8. The van der Waals surface area contributed by atoms with Crippen molar-refractivity contribution in [3.63, 3.8) is 0 Å². The molecule has 0 bridgehead atoms. The lowest BCUT2D eigenvalue weighted by molar-refractivity contribution is 0.123. The second kappa shape index (κ2) is 9.79. The van der Waals surface area contributed by atoms with Gasteiger partial charge in [0.05, 0.1) is 49.5 Å². The van der Waals surface area contributed by atoms with E-state index in [1.54, 1.807) is 7.11 Å². The number of fused-ring (bicyclic) bond motifs is 1.